The van der Waals surface area contributed by atoms with Crippen LogP contribution < -0.4 is 9.84 Å². The summed E-state index contributed by atoms with van der Waals surface area (Å²) in [6.07, 6.45) is 0. The fourth-order valence-electron chi connectivity index (χ4n) is 1.52. The number of carbonyl (C=O) groups is 1. The summed E-state index contributed by atoms with van der Waals surface area (Å²) in [5, 5.41) is 11.0. The molecule has 0 N–H and O–H groups in total. The van der Waals surface area contributed by atoms with Gasteiger partial charge in [-0.25, -0.2) is 0 Å². The standard InChI is InChI=1S/C14H11BrO3/c15-11-6-7-13(12(8-11)14(16)17)18-9-10-4-2-1-3-5-10/h1-8H,9H2,(H,16,17)/p-1. The van der Waals surface area contributed by atoms with Gasteiger partial charge < -0.3 is 14.6 Å². The van der Waals surface area contributed by atoms with Crippen LogP contribution in [0.2, 0.25) is 0 Å². The molecule has 2 aromatic rings. The highest BCUT2D eigenvalue weighted by atomic mass is 79.9. The van der Waals surface area contributed by atoms with E-state index in [0.717, 1.165) is 5.56 Å². The van der Waals surface area contributed by atoms with Gasteiger partial charge in [0.05, 0.1) is 5.97 Å². The number of hydrogen-bond donors (Lipinski definition) is 0. The molecule has 3 nitrogen and oxygen atoms in total. The van der Waals surface area contributed by atoms with E-state index in [1.54, 1.807) is 12.1 Å². The third-order valence-electron chi connectivity index (χ3n) is 2.40. The van der Waals surface area contributed by atoms with Crippen molar-refractivity contribution in [3.8, 4) is 5.75 Å². The number of carboxylic acid groups (broad SMARTS) is 1. The minimum atomic E-state index is -1.25. The lowest BCUT2D eigenvalue weighted by Crippen LogP contribution is -2.23. The first-order valence-corrected chi connectivity index (χ1v) is 6.14. The second kappa shape index (κ2) is 5.69. The maximum absolute atomic E-state index is 11.0. The van der Waals surface area contributed by atoms with Gasteiger partial charge in [0, 0.05) is 10.0 Å². The van der Waals surface area contributed by atoms with Crippen LogP contribution in [0.25, 0.3) is 0 Å². The first-order valence-electron chi connectivity index (χ1n) is 5.34. The molecule has 18 heavy (non-hydrogen) atoms. The summed E-state index contributed by atoms with van der Waals surface area (Å²) in [6.45, 7) is 0.322. The van der Waals surface area contributed by atoms with Crippen molar-refractivity contribution < 1.29 is 14.6 Å². The van der Waals surface area contributed by atoms with Gasteiger partial charge >= 0.3 is 0 Å². The lowest BCUT2D eigenvalue weighted by atomic mass is 10.2. The number of halogens is 1. The minimum absolute atomic E-state index is 0.0420. The van der Waals surface area contributed by atoms with Gasteiger partial charge in [-0.05, 0) is 23.8 Å². The van der Waals surface area contributed by atoms with Crippen molar-refractivity contribution in [2.75, 3.05) is 0 Å². The minimum Gasteiger partial charge on any atom is -0.545 e. The molecule has 0 aliphatic heterocycles. The predicted octanol–water partition coefficient (Wildman–Crippen LogP) is 2.39. The van der Waals surface area contributed by atoms with Crippen LogP contribution >= 0.6 is 15.9 Å². The fourth-order valence-corrected chi connectivity index (χ4v) is 1.88. The number of carbonyl (C=O) groups excluding carboxylic acids is 1. The molecule has 0 heterocycles. The molecule has 0 unspecified atom stereocenters. The summed E-state index contributed by atoms with van der Waals surface area (Å²) in [5.74, 6) is -0.943. The maximum atomic E-state index is 11.0. The van der Waals surface area contributed by atoms with Crippen molar-refractivity contribution in [1.82, 2.24) is 0 Å². The molecule has 0 atom stereocenters. The van der Waals surface area contributed by atoms with Crippen LogP contribution in [0, 0.1) is 0 Å². The summed E-state index contributed by atoms with van der Waals surface area (Å²) >= 11 is 3.21. The summed E-state index contributed by atoms with van der Waals surface area (Å²) < 4.78 is 6.17. The van der Waals surface area contributed by atoms with E-state index < -0.39 is 5.97 Å². The van der Waals surface area contributed by atoms with Crippen molar-refractivity contribution in [2.45, 2.75) is 6.61 Å². The predicted molar refractivity (Wildman–Crippen MR) is 69.2 cm³/mol. The Morgan fingerprint density at radius 1 is 1.17 bits per heavy atom. The summed E-state index contributed by atoms with van der Waals surface area (Å²) in [4.78, 5) is 11.0. The van der Waals surface area contributed by atoms with Crippen LogP contribution in [0.1, 0.15) is 15.9 Å². The first-order chi connectivity index (χ1) is 8.66. The van der Waals surface area contributed by atoms with Gasteiger partial charge in [0.15, 0.2) is 0 Å². The third-order valence-corrected chi connectivity index (χ3v) is 2.89. The van der Waals surface area contributed by atoms with Crippen molar-refractivity contribution >= 4 is 21.9 Å². The Morgan fingerprint density at radius 3 is 2.56 bits per heavy atom. The van der Waals surface area contributed by atoms with Crippen LogP contribution in [0.4, 0.5) is 0 Å². The fraction of sp³-hybridized carbons (Fsp3) is 0.0714. The van der Waals surface area contributed by atoms with Gasteiger partial charge in [-0.3, -0.25) is 0 Å². The second-order valence-corrected chi connectivity index (χ2v) is 4.62. The molecule has 92 valence electrons. The average Bonchev–Trinajstić information content (AvgIpc) is 2.38. The van der Waals surface area contributed by atoms with Crippen LogP contribution in [-0.4, -0.2) is 5.97 Å². The Balaban J connectivity index is 2.17. The van der Waals surface area contributed by atoms with E-state index in [0.29, 0.717) is 16.8 Å². The van der Waals surface area contributed by atoms with Crippen LogP contribution in [-0.2, 0) is 6.61 Å². The lowest BCUT2D eigenvalue weighted by Gasteiger charge is -2.12. The molecule has 2 rings (SSSR count). The highest BCUT2D eigenvalue weighted by molar-refractivity contribution is 9.10. The van der Waals surface area contributed by atoms with Crippen LogP contribution in [0.3, 0.4) is 0 Å². The van der Waals surface area contributed by atoms with E-state index in [9.17, 15) is 9.90 Å². The summed E-state index contributed by atoms with van der Waals surface area (Å²) in [5.41, 5.74) is 1.02. The second-order valence-electron chi connectivity index (χ2n) is 3.70. The SMILES string of the molecule is O=C([O-])c1cc(Br)ccc1OCc1ccccc1. The molecule has 0 saturated heterocycles. The Bertz CT molecular complexity index is 552. The smallest absolute Gasteiger partial charge is 0.128 e. The van der Waals surface area contributed by atoms with E-state index in [-0.39, 0.29) is 5.56 Å². The van der Waals surface area contributed by atoms with Crippen molar-refractivity contribution in [2.24, 2.45) is 0 Å². The Hall–Kier alpha value is -1.81. The van der Waals surface area contributed by atoms with Crippen molar-refractivity contribution in [3.05, 3.63) is 64.1 Å². The Labute approximate surface area is 113 Å². The molecule has 0 saturated carbocycles. The van der Waals surface area contributed by atoms with Gasteiger partial charge in [-0.15, -0.1) is 0 Å². The molecule has 0 amide bonds. The van der Waals surface area contributed by atoms with Crippen molar-refractivity contribution in [1.29, 1.82) is 0 Å². The normalized spacial score (nSPS) is 10.1. The van der Waals surface area contributed by atoms with E-state index >= 15 is 0 Å². The largest absolute Gasteiger partial charge is 0.545 e. The summed E-state index contributed by atoms with van der Waals surface area (Å²) in [7, 11) is 0. The molecule has 0 radical (unpaired) electrons. The molecule has 0 aliphatic rings. The van der Waals surface area contributed by atoms with E-state index in [4.69, 9.17) is 4.74 Å². The van der Waals surface area contributed by atoms with Crippen LogP contribution in [0.15, 0.2) is 53.0 Å². The zero-order valence-corrected chi connectivity index (χ0v) is 11.0. The first kappa shape index (κ1) is 12.6. The molecule has 0 spiro atoms. The highest BCUT2D eigenvalue weighted by Gasteiger charge is 2.05. The number of benzene rings is 2. The van der Waals surface area contributed by atoms with E-state index in [2.05, 4.69) is 15.9 Å². The molecule has 4 heteroatoms. The Kier molecular flexibility index (Phi) is 3.99. The molecule has 0 bridgehead atoms. The molecule has 0 aromatic heterocycles. The topological polar surface area (TPSA) is 49.4 Å². The van der Waals surface area contributed by atoms with Gasteiger partial charge in [0.2, 0.25) is 0 Å². The van der Waals surface area contributed by atoms with E-state index in [1.807, 2.05) is 30.3 Å². The zero-order valence-electron chi connectivity index (χ0n) is 9.43. The van der Waals surface area contributed by atoms with Crippen molar-refractivity contribution in [3.63, 3.8) is 0 Å². The maximum Gasteiger partial charge on any atom is 0.128 e. The van der Waals surface area contributed by atoms with Crippen LogP contribution in [0.5, 0.6) is 5.75 Å². The Morgan fingerprint density at radius 2 is 1.89 bits per heavy atom. The van der Waals surface area contributed by atoms with Gasteiger partial charge in [0.25, 0.3) is 0 Å². The molecular weight excluding hydrogens is 296 g/mol. The van der Waals surface area contributed by atoms with Gasteiger partial charge in [0.1, 0.15) is 12.4 Å². The number of rotatable bonds is 4. The molecular formula is C14H10BrO3-. The third kappa shape index (κ3) is 3.11. The number of carboxylic acids is 1. The van der Waals surface area contributed by atoms with Gasteiger partial charge in [-0.2, -0.15) is 0 Å². The van der Waals surface area contributed by atoms with Gasteiger partial charge in [-0.1, -0.05) is 46.3 Å². The monoisotopic (exact) mass is 305 g/mol. The number of aromatic carboxylic acids is 1. The average molecular weight is 306 g/mol. The lowest BCUT2D eigenvalue weighted by molar-refractivity contribution is -0.255. The number of hydrogen-bond acceptors (Lipinski definition) is 3. The summed E-state index contributed by atoms with van der Waals surface area (Å²) in [6, 6.07) is 14.4. The molecule has 0 aliphatic carbocycles. The molecule has 2 aromatic carbocycles. The number of ether oxygens (including phenoxy) is 1. The zero-order chi connectivity index (χ0) is 13.0. The highest BCUT2D eigenvalue weighted by Crippen LogP contribution is 2.23. The van der Waals surface area contributed by atoms with E-state index in [1.165, 1.54) is 6.07 Å². The molecule has 0 fully saturated rings. The quantitative estimate of drug-likeness (QED) is 0.871.